The smallest absolute Gasteiger partial charge is 0.253 e. The van der Waals surface area contributed by atoms with Crippen molar-refractivity contribution in [3.63, 3.8) is 0 Å². The number of thiol groups is 1. The zero-order chi connectivity index (χ0) is 13.8. The molecule has 0 saturated carbocycles. The molecule has 1 saturated heterocycles. The van der Waals surface area contributed by atoms with Crippen LogP contribution in [0.15, 0.2) is 29.2 Å². The first-order chi connectivity index (χ1) is 9.11. The van der Waals surface area contributed by atoms with Crippen molar-refractivity contribution in [2.24, 2.45) is 5.92 Å². The average molecular weight is 278 g/mol. The maximum Gasteiger partial charge on any atom is 0.253 e. The van der Waals surface area contributed by atoms with E-state index in [1.165, 1.54) is 0 Å². The van der Waals surface area contributed by atoms with Crippen molar-refractivity contribution in [1.29, 1.82) is 0 Å². The van der Waals surface area contributed by atoms with Gasteiger partial charge >= 0.3 is 0 Å². The highest BCUT2D eigenvalue weighted by molar-refractivity contribution is 7.80. The number of nitrogens with one attached hydrogen (secondary N) is 1. The third-order valence-electron chi connectivity index (χ3n) is 3.42. The molecule has 0 aromatic heterocycles. The van der Waals surface area contributed by atoms with Crippen LogP contribution in [0.25, 0.3) is 0 Å². The molecule has 1 N–H and O–H groups in total. The SMILES string of the molecule is CNC(=O)C1CCCN(C(=O)c2cccc(S)c2)C1. The first-order valence-electron chi connectivity index (χ1n) is 6.41. The first-order valence-corrected chi connectivity index (χ1v) is 6.86. The van der Waals surface area contributed by atoms with Gasteiger partial charge in [0.2, 0.25) is 5.91 Å². The summed E-state index contributed by atoms with van der Waals surface area (Å²) in [6.45, 7) is 1.21. The fourth-order valence-electron chi connectivity index (χ4n) is 2.40. The van der Waals surface area contributed by atoms with Gasteiger partial charge < -0.3 is 10.2 Å². The predicted octanol–water partition coefficient (Wildman–Crippen LogP) is 1.57. The molecular weight excluding hydrogens is 260 g/mol. The van der Waals surface area contributed by atoms with E-state index in [0.29, 0.717) is 18.7 Å². The van der Waals surface area contributed by atoms with E-state index in [1.807, 2.05) is 12.1 Å². The molecule has 0 spiro atoms. The lowest BCUT2D eigenvalue weighted by Gasteiger charge is -2.31. The van der Waals surface area contributed by atoms with Gasteiger partial charge in [0, 0.05) is 30.6 Å². The van der Waals surface area contributed by atoms with E-state index >= 15 is 0 Å². The number of carbonyl (C=O) groups is 2. The van der Waals surface area contributed by atoms with Crippen LogP contribution in [-0.4, -0.2) is 36.9 Å². The van der Waals surface area contributed by atoms with Crippen molar-refractivity contribution in [2.45, 2.75) is 17.7 Å². The molecule has 5 heteroatoms. The fourth-order valence-corrected chi connectivity index (χ4v) is 2.63. The lowest BCUT2D eigenvalue weighted by Crippen LogP contribution is -2.44. The average Bonchev–Trinajstić information content (AvgIpc) is 2.45. The molecule has 19 heavy (non-hydrogen) atoms. The van der Waals surface area contributed by atoms with Crippen LogP contribution in [0.2, 0.25) is 0 Å². The Morgan fingerprint density at radius 3 is 2.89 bits per heavy atom. The molecule has 0 aliphatic carbocycles. The topological polar surface area (TPSA) is 49.4 Å². The standard InChI is InChI=1S/C14H18N2O2S/c1-15-13(17)11-5-3-7-16(9-11)14(18)10-4-2-6-12(19)8-10/h2,4,6,8,11,19H,3,5,7,9H2,1H3,(H,15,17). The van der Waals surface area contributed by atoms with Crippen LogP contribution in [-0.2, 0) is 4.79 Å². The summed E-state index contributed by atoms with van der Waals surface area (Å²) in [5.41, 5.74) is 0.630. The van der Waals surface area contributed by atoms with Gasteiger partial charge in [-0.1, -0.05) is 6.07 Å². The van der Waals surface area contributed by atoms with Crippen LogP contribution in [0.5, 0.6) is 0 Å². The molecule has 1 unspecified atom stereocenters. The highest BCUT2D eigenvalue weighted by Gasteiger charge is 2.28. The van der Waals surface area contributed by atoms with E-state index in [-0.39, 0.29) is 17.7 Å². The molecule has 1 aliphatic heterocycles. The Hall–Kier alpha value is -1.49. The van der Waals surface area contributed by atoms with Crippen LogP contribution in [0.4, 0.5) is 0 Å². The Kier molecular flexibility index (Phi) is 4.47. The van der Waals surface area contributed by atoms with Crippen LogP contribution in [0.3, 0.4) is 0 Å². The van der Waals surface area contributed by atoms with Crippen molar-refractivity contribution in [3.05, 3.63) is 29.8 Å². The zero-order valence-electron chi connectivity index (χ0n) is 10.9. The summed E-state index contributed by atoms with van der Waals surface area (Å²) in [7, 11) is 1.63. The van der Waals surface area contributed by atoms with Gasteiger partial charge in [-0.05, 0) is 31.0 Å². The molecular formula is C14H18N2O2S. The number of hydrogen-bond donors (Lipinski definition) is 2. The Morgan fingerprint density at radius 2 is 2.21 bits per heavy atom. The van der Waals surface area contributed by atoms with Gasteiger partial charge in [0.15, 0.2) is 0 Å². The molecule has 0 bridgehead atoms. The van der Waals surface area contributed by atoms with Crippen molar-refractivity contribution >= 4 is 24.4 Å². The maximum atomic E-state index is 12.4. The monoisotopic (exact) mass is 278 g/mol. The van der Waals surface area contributed by atoms with Gasteiger partial charge in [-0.25, -0.2) is 0 Å². The van der Waals surface area contributed by atoms with Crippen molar-refractivity contribution < 1.29 is 9.59 Å². The highest BCUT2D eigenvalue weighted by atomic mass is 32.1. The Morgan fingerprint density at radius 1 is 1.42 bits per heavy atom. The van der Waals surface area contributed by atoms with Gasteiger partial charge in [-0.3, -0.25) is 9.59 Å². The second kappa shape index (κ2) is 6.10. The number of piperidine rings is 1. The van der Waals surface area contributed by atoms with Crippen LogP contribution < -0.4 is 5.32 Å². The molecule has 1 aliphatic rings. The molecule has 2 rings (SSSR count). The van der Waals surface area contributed by atoms with E-state index in [4.69, 9.17) is 0 Å². The van der Waals surface area contributed by atoms with Gasteiger partial charge in [-0.15, -0.1) is 12.6 Å². The summed E-state index contributed by atoms with van der Waals surface area (Å²) in [6, 6.07) is 7.19. The summed E-state index contributed by atoms with van der Waals surface area (Å²) in [5, 5.41) is 2.65. The summed E-state index contributed by atoms with van der Waals surface area (Å²) in [5.74, 6) is -0.105. The summed E-state index contributed by atoms with van der Waals surface area (Å²) in [4.78, 5) is 26.6. The fraction of sp³-hybridized carbons (Fsp3) is 0.429. The number of rotatable bonds is 2. The summed E-state index contributed by atoms with van der Waals surface area (Å²) in [6.07, 6.45) is 1.71. The molecule has 2 amide bonds. The number of amides is 2. The number of carbonyl (C=O) groups excluding carboxylic acids is 2. The number of likely N-dealkylation sites (tertiary alicyclic amines) is 1. The third kappa shape index (κ3) is 3.29. The third-order valence-corrected chi connectivity index (χ3v) is 3.70. The van der Waals surface area contributed by atoms with E-state index in [2.05, 4.69) is 17.9 Å². The minimum Gasteiger partial charge on any atom is -0.359 e. The normalized spacial score (nSPS) is 19.1. The predicted molar refractivity (Wildman–Crippen MR) is 76.4 cm³/mol. The van der Waals surface area contributed by atoms with E-state index < -0.39 is 0 Å². The number of benzene rings is 1. The Balaban J connectivity index is 2.09. The molecule has 1 aromatic carbocycles. The molecule has 4 nitrogen and oxygen atoms in total. The van der Waals surface area contributed by atoms with Gasteiger partial charge in [0.05, 0.1) is 5.92 Å². The lowest BCUT2D eigenvalue weighted by molar-refractivity contribution is -0.125. The van der Waals surface area contributed by atoms with Crippen LogP contribution in [0, 0.1) is 5.92 Å². The number of hydrogen-bond acceptors (Lipinski definition) is 3. The van der Waals surface area contributed by atoms with E-state index in [1.54, 1.807) is 24.1 Å². The molecule has 0 radical (unpaired) electrons. The number of nitrogens with zero attached hydrogens (tertiary/aromatic N) is 1. The van der Waals surface area contributed by atoms with E-state index in [9.17, 15) is 9.59 Å². The highest BCUT2D eigenvalue weighted by Crippen LogP contribution is 2.19. The largest absolute Gasteiger partial charge is 0.359 e. The van der Waals surface area contributed by atoms with Crippen LogP contribution >= 0.6 is 12.6 Å². The lowest BCUT2D eigenvalue weighted by atomic mass is 9.96. The van der Waals surface area contributed by atoms with Gasteiger partial charge in [0.25, 0.3) is 5.91 Å². The molecule has 1 fully saturated rings. The minimum atomic E-state index is -0.0955. The summed E-state index contributed by atoms with van der Waals surface area (Å²) >= 11 is 4.24. The molecule has 1 heterocycles. The molecule has 102 valence electrons. The van der Waals surface area contributed by atoms with Crippen molar-refractivity contribution in [1.82, 2.24) is 10.2 Å². The Labute approximate surface area is 118 Å². The Bertz CT molecular complexity index is 490. The molecule has 1 aromatic rings. The van der Waals surface area contributed by atoms with Crippen molar-refractivity contribution in [2.75, 3.05) is 20.1 Å². The van der Waals surface area contributed by atoms with Crippen LogP contribution in [0.1, 0.15) is 23.2 Å². The quantitative estimate of drug-likeness (QED) is 0.807. The second-order valence-corrected chi connectivity index (χ2v) is 5.27. The summed E-state index contributed by atoms with van der Waals surface area (Å²) < 4.78 is 0. The minimum absolute atomic E-state index is 0.0143. The van der Waals surface area contributed by atoms with Gasteiger partial charge in [-0.2, -0.15) is 0 Å². The maximum absolute atomic E-state index is 12.4. The van der Waals surface area contributed by atoms with Crippen molar-refractivity contribution in [3.8, 4) is 0 Å². The zero-order valence-corrected chi connectivity index (χ0v) is 11.8. The van der Waals surface area contributed by atoms with Gasteiger partial charge in [0.1, 0.15) is 0 Å². The van der Waals surface area contributed by atoms with E-state index in [0.717, 1.165) is 17.7 Å². The first kappa shape index (κ1) is 13.9. The molecule has 1 atom stereocenters. The second-order valence-electron chi connectivity index (χ2n) is 4.75.